The van der Waals surface area contributed by atoms with Crippen LogP contribution in [0.25, 0.3) is 0 Å². The fraction of sp³-hybridized carbons (Fsp3) is 0.176. The van der Waals surface area contributed by atoms with Gasteiger partial charge in [0.2, 0.25) is 0 Å². The van der Waals surface area contributed by atoms with E-state index in [9.17, 15) is 9.59 Å². The van der Waals surface area contributed by atoms with Gasteiger partial charge in [-0.1, -0.05) is 24.3 Å². The lowest BCUT2D eigenvalue weighted by molar-refractivity contribution is -0.136. The molecule has 0 bridgehead atoms. The van der Waals surface area contributed by atoms with Crippen molar-refractivity contribution in [3.8, 4) is 11.5 Å². The summed E-state index contributed by atoms with van der Waals surface area (Å²) in [5, 5.41) is 0. The second kappa shape index (κ2) is 8.84. The number of rotatable bonds is 6. The largest absolute Gasteiger partial charge is 0.425 e. The molecular formula is C17H14Br2O4. The van der Waals surface area contributed by atoms with Crippen LogP contribution in [-0.2, 0) is 9.59 Å². The van der Waals surface area contributed by atoms with E-state index in [-0.39, 0.29) is 24.8 Å². The molecule has 0 radical (unpaired) electrons. The van der Waals surface area contributed by atoms with Crippen molar-refractivity contribution in [2.75, 3.05) is 0 Å². The fourth-order valence-electron chi connectivity index (χ4n) is 1.78. The van der Waals surface area contributed by atoms with E-state index in [4.69, 9.17) is 9.47 Å². The number of para-hydroxylation sites is 2. The topological polar surface area (TPSA) is 52.6 Å². The van der Waals surface area contributed by atoms with Crippen LogP contribution in [-0.4, -0.2) is 11.9 Å². The maximum Gasteiger partial charge on any atom is 0.311 e. The van der Waals surface area contributed by atoms with Crippen molar-refractivity contribution in [2.45, 2.75) is 19.3 Å². The van der Waals surface area contributed by atoms with Crippen LogP contribution in [0.15, 0.2) is 57.5 Å². The van der Waals surface area contributed by atoms with Gasteiger partial charge in [-0.15, -0.1) is 0 Å². The highest BCUT2D eigenvalue weighted by Gasteiger charge is 2.11. The minimum absolute atomic E-state index is 0.145. The quantitative estimate of drug-likeness (QED) is 0.472. The zero-order chi connectivity index (χ0) is 16.7. The minimum atomic E-state index is -0.384. The van der Waals surface area contributed by atoms with Gasteiger partial charge < -0.3 is 9.47 Å². The van der Waals surface area contributed by atoms with Crippen molar-refractivity contribution >= 4 is 43.8 Å². The van der Waals surface area contributed by atoms with Gasteiger partial charge in [-0.3, -0.25) is 9.59 Å². The molecule has 23 heavy (non-hydrogen) atoms. The first-order valence-corrected chi connectivity index (χ1v) is 8.55. The summed E-state index contributed by atoms with van der Waals surface area (Å²) in [7, 11) is 0. The number of ether oxygens (including phenoxy) is 2. The van der Waals surface area contributed by atoms with Crippen LogP contribution < -0.4 is 9.47 Å². The summed E-state index contributed by atoms with van der Waals surface area (Å²) in [6, 6.07) is 14.2. The first-order valence-electron chi connectivity index (χ1n) is 6.96. The van der Waals surface area contributed by atoms with Gasteiger partial charge in [0.05, 0.1) is 8.95 Å². The monoisotopic (exact) mass is 440 g/mol. The molecule has 0 atom stereocenters. The highest BCUT2D eigenvalue weighted by atomic mass is 79.9. The third-order valence-corrected chi connectivity index (χ3v) is 4.19. The Kier molecular flexibility index (Phi) is 6.80. The summed E-state index contributed by atoms with van der Waals surface area (Å²) in [5.41, 5.74) is 0. The normalized spacial score (nSPS) is 10.2. The lowest BCUT2D eigenvalue weighted by atomic mass is 10.2. The van der Waals surface area contributed by atoms with Gasteiger partial charge >= 0.3 is 11.9 Å². The smallest absolute Gasteiger partial charge is 0.311 e. The van der Waals surface area contributed by atoms with E-state index < -0.39 is 0 Å². The van der Waals surface area contributed by atoms with Gasteiger partial charge in [-0.2, -0.15) is 0 Å². The molecule has 0 amide bonds. The molecule has 120 valence electrons. The van der Waals surface area contributed by atoms with Crippen LogP contribution in [0.1, 0.15) is 19.3 Å². The number of benzene rings is 2. The molecular weight excluding hydrogens is 428 g/mol. The van der Waals surface area contributed by atoms with Crippen LogP contribution in [0.2, 0.25) is 0 Å². The molecule has 2 aromatic carbocycles. The number of carbonyl (C=O) groups is 2. The van der Waals surface area contributed by atoms with Crippen molar-refractivity contribution in [2.24, 2.45) is 0 Å². The molecule has 0 unspecified atom stereocenters. The number of carbonyl (C=O) groups excluding carboxylic acids is 2. The van der Waals surface area contributed by atoms with E-state index >= 15 is 0 Å². The maximum absolute atomic E-state index is 11.8. The van der Waals surface area contributed by atoms with Gasteiger partial charge in [0, 0.05) is 12.8 Å². The Morgan fingerprint density at radius 3 is 1.52 bits per heavy atom. The zero-order valence-corrected chi connectivity index (χ0v) is 15.3. The van der Waals surface area contributed by atoms with Crippen molar-refractivity contribution in [3.63, 3.8) is 0 Å². The Hall–Kier alpha value is -1.66. The second-order valence-electron chi connectivity index (χ2n) is 4.66. The van der Waals surface area contributed by atoms with Crippen molar-refractivity contribution < 1.29 is 19.1 Å². The number of halogens is 2. The molecule has 0 aliphatic carbocycles. The standard InChI is InChI=1S/C17H14Br2O4/c18-12-6-1-3-8-14(12)22-16(20)10-5-11-17(21)23-15-9-4-2-7-13(15)19/h1-4,6-9H,5,10-11H2. The second-order valence-corrected chi connectivity index (χ2v) is 6.37. The van der Waals surface area contributed by atoms with Gasteiger partial charge in [0.1, 0.15) is 11.5 Å². The predicted molar refractivity (Wildman–Crippen MR) is 93.4 cm³/mol. The third kappa shape index (κ3) is 5.80. The van der Waals surface area contributed by atoms with Gasteiger partial charge in [-0.25, -0.2) is 0 Å². The van der Waals surface area contributed by atoms with Crippen molar-refractivity contribution in [1.29, 1.82) is 0 Å². The van der Waals surface area contributed by atoms with E-state index in [1.165, 1.54) is 0 Å². The number of hydrogen-bond donors (Lipinski definition) is 0. The molecule has 0 aromatic heterocycles. The number of esters is 2. The molecule has 4 nitrogen and oxygen atoms in total. The molecule has 2 aromatic rings. The Balaban J connectivity index is 1.74. The first-order chi connectivity index (χ1) is 11.1. The van der Waals surface area contributed by atoms with E-state index in [0.29, 0.717) is 26.9 Å². The van der Waals surface area contributed by atoms with Gasteiger partial charge in [-0.05, 0) is 62.5 Å². The first kappa shape index (κ1) is 17.7. The fourth-order valence-corrected chi connectivity index (χ4v) is 2.51. The summed E-state index contributed by atoms with van der Waals surface area (Å²) in [6.07, 6.45) is 0.658. The van der Waals surface area contributed by atoms with Crippen LogP contribution in [0.5, 0.6) is 11.5 Å². The molecule has 0 saturated carbocycles. The molecule has 0 aliphatic rings. The Morgan fingerprint density at radius 2 is 1.13 bits per heavy atom. The van der Waals surface area contributed by atoms with Crippen LogP contribution in [0, 0.1) is 0 Å². The van der Waals surface area contributed by atoms with E-state index in [2.05, 4.69) is 31.9 Å². The van der Waals surface area contributed by atoms with E-state index in [0.717, 1.165) is 0 Å². The van der Waals surface area contributed by atoms with E-state index in [1.54, 1.807) is 36.4 Å². The lowest BCUT2D eigenvalue weighted by Gasteiger charge is -2.07. The highest BCUT2D eigenvalue weighted by molar-refractivity contribution is 9.10. The van der Waals surface area contributed by atoms with Crippen molar-refractivity contribution in [3.05, 3.63) is 57.5 Å². The Morgan fingerprint density at radius 1 is 0.739 bits per heavy atom. The molecule has 2 rings (SSSR count). The van der Waals surface area contributed by atoms with Crippen LogP contribution >= 0.6 is 31.9 Å². The van der Waals surface area contributed by atoms with Crippen LogP contribution in [0.4, 0.5) is 0 Å². The average molecular weight is 442 g/mol. The average Bonchev–Trinajstić information content (AvgIpc) is 2.52. The Bertz CT molecular complexity index is 641. The summed E-state index contributed by atoms with van der Waals surface area (Å²) < 4.78 is 11.9. The van der Waals surface area contributed by atoms with Gasteiger partial charge in [0.25, 0.3) is 0 Å². The van der Waals surface area contributed by atoms with Crippen LogP contribution in [0.3, 0.4) is 0 Å². The summed E-state index contributed by atoms with van der Waals surface area (Å²) in [6.45, 7) is 0. The lowest BCUT2D eigenvalue weighted by Crippen LogP contribution is -2.12. The molecule has 0 spiro atoms. The molecule has 0 saturated heterocycles. The summed E-state index contributed by atoms with van der Waals surface area (Å²) in [5.74, 6) is 0.165. The van der Waals surface area contributed by atoms with E-state index in [1.807, 2.05) is 12.1 Å². The number of hydrogen-bond acceptors (Lipinski definition) is 4. The van der Waals surface area contributed by atoms with Gasteiger partial charge in [0.15, 0.2) is 0 Å². The summed E-state index contributed by atoms with van der Waals surface area (Å²) in [4.78, 5) is 23.5. The highest BCUT2D eigenvalue weighted by Crippen LogP contribution is 2.25. The zero-order valence-electron chi connectivity index (χ0n) is 12.1. The molecule has 0 N–H and O–H groups in total. The van der Waals surface area contributed by atoms with Crippen molar-refractivity contribution in [1.82, 2.24) is 0 Å². The molecule has 0 heterocycles. The molecule has 0 fully saturated rings. The maximum atomic E-state index is 11.8. The molecule has 0 aliphatic heterocycles. The predicted octanol–water partition coefficient (Wildman–Crippen LogP) is 4.89. The molecule has 6 heteroatoms. The summed E-state index contributed by atoms with van der Waals surface area (Å²) >= 11 is 6.61. The Labute approximate surface area is 151 Å². The SMILES string of the molecule is O=C(CCCC(=O)Oc1ccccc1Br)Oc1ccccc1Br. The third-order valence-electron chi connectivity index (χ3n) is 2.88. The minimum Gasteiger partial charge on any atom is -0.425 e.